The predicted molar refractivity (Wildman–Crippen MR) is 91.3 cm³/mol. The number of thiazole rings is 1. The summed E-state index contributed by atoms with van der Waals surface area (Å²) in [4.78, 5) is 5.57. The van der Waals surface area contributed by atoms with Gasteiger partial charge < -0.3 is 0 Å². The van der Waals surface area contributed by atoms with Crippen LogP contribution in [-0.4, -0.2) is 42.1 Å². The molecule has 0 bridgehead atoms. The number of rotatable bonds is 5. The molecule has 7 heteroatoms. The van der Waals surface area contributed by atoms with Crippen molar-refractivity contribution in [3.8, 4) is 0 Å². The molecule has 5 nitrogen and oxygen atoms in total. The van der Waals surface area contributed by atoms with Crippen molar-refractivity contribution in [3.05, 3.63) is 15.6 Å². The van der Waals surface area contributed by atoms with E-state index in [1.54, 1.807) is 22.7 Å². The SMILES string of the molecule is CCc1nc(C)c([C@H](C)N(C)S(=O)(=O)N2CCC[C@H](C)C2)s1. The average molecular weight is 346 g/mol. The van der Waals surface area contributed by atoms with Crippen molar-refractivity contribution in [3.63, 3.8) is 0 Å². The fourth-order valence-electron chi connectivity index (χ4n) is 2.91. The average Bonchev–Trinajstić information content (AvgIpc) is 2.86. The third-order valence-corrected chi connectivity index (χ3v) is 7.91. The summed E-state index contributed by atoms with van der Waals surface area (Å²) in [5.41, 5.74) is 0.948. The summed E-state index contributed by atoms with van der Waals surface area (Å²) in [7, 11) is -1.73. The van der Waals surface area contributed by atoms with Crippen LogP contribution in [0.25, 0.3) is 0 Å². The molecule has 1 fully saturated rings. The fraction of sp³-hybridized carbons (Fsp3) is 0.800. The Morgan fingerprint density at radius 1 is 1.50 bits per heavy atom. The topological polar surface area (TPSA) is 53.5 Å². The Kier molecular flexibility index (Phi) is 5.63. The first kappa shape index (κ1) is 17.8. The van der Waals surface area contributed by atoms with E-state index >= 15 is 0 Å². The molecule has 2 heterocycles. The molecule has 0 aromatic carbocycles. The molecule has 22 heavy (non-hydrogen) atoms. The van der Waals surface area contributed by atoms with Crippen LogP contribution in [0, 0.1) is 12.8 Å². The molecule has 126 valence electrons. The largest absolute Gasteiger partial charge is 0.282 e. The standard InChI is InChI=1S/C15H27N3O2S2/c1-6-14-16-12(3)15(21-14)13(4)17(5)22(19,20)18-9-7-8-11(2)10-18/h11,13H,6-10H2,1-5H3/t11-,13-/m0/s1. The zero-order valence-corrected chi connectivity index (χ0v) is 15.8. The van der Waals surface area contributed by atoms with Gasteiger partial charge in [0.15, 0.2) is 0 Å². The van der Waals surface area contributed by atoms with Crippen molar-refractivity contribution in [2.24, 2.45) is 5.92 Å². The lowest BCUT2D eigenvalue weighted by Crippen LogP contribution is -2.46. The Bertz CT molecular complexity index is 612. The number of hydrogen-bond donors (Lipinski definition) is 0. The molecule has 2 atom stereocenters. The van der Waals surface area contributed by atoms with E-state index in [1.807, 2.05) is 13.8 Å². The molecule has 1 aliphatic heterocycles. The molecule has 0 unspecified atom stereocenters. The van der Waals surface area contributed by atoms with Crippen LogP contribution in [0.3, 0.4) is 0 Å². The summed E-state index contributed by atoms with van der Waals surface area (Å²) in [6, 6.07) is -0.181. The van der Waals surface area contributed by atoms with Crippen LogP contribution in [0.2, 0.25) is 0 Å². The summed E-state index contributed by atoms with van der Waals surface area (Å²) in [6.07, 6.45) is 2.94. The summed E-state index contributed by atoms with van der Waals surface area (Å²) < 4.78 is 28.9. The van der Waals surface area contributed by atoms with Crippen molar-refractivity contribution in [1.82, 2.24) is 13.6 Å². The van der Waals surface area contributed by atoms with Gasteiger partial charge >= 0.3 is 0 Å². The maximum absolute atomic E-state index is 12.9. The van der Waals surface area contributed by atoms with E-state index in [0.717, 1.165) is 34.8 Å². The van der Waals surface area contributed by atoms with Crippen LogP contribution in [0.4, 0.5) is 0 Å². The molecule has 1 saturated heterocycles. The molecule has 0 spiro atoms. The molecule has 0 radical (unpaired) electrons. The monoisotopic (exact) mass is 345 g/mol. The van der Waals surface area contributed by atoms with Crippen molar-refractivity contribution in [2.75, 3.05) is 20.1 Å². The van der Waals surface area contributed by atoms with E-state index in [2.05, 4.69) is 18.8 Å². The maximum Gasteiger partial charge on any atom is 0.282 e. The molecule has 0 amide bonds. The van der Waals surface area contributed by atoms with Crippen LogP contribution < -0.4 is 0 Å². The number of nitrogens with zero attached hydrogens (tertiary/aromatic N) is 3. The molecule has 2 rings (SSSR count). The zero-order valence-electron chi connectivity index (χ0n) is 14.2. The van der Waals surface area contributed by atoms with Crippen LogP contribution in [0.15, 0.2) is 0 Å². The van der Waals surface area contributed by atoms with Gasteiger partial charge in [0, 0.05) is 25.0 Å². The van der Waals surface area contributed by atoms with E-state index in [0.29, 0.717) is 19.0 Å². The highest BCUT2D eigenvalue weighted by Crippen LogP contribution is 2.32. The van der Waals surface area contributed by atoms with Crippen LogP contribution in [0.5, 0.6) is 0 Å². The van der Waals surface area contributed by atoms with Gasteiger partial charge in [-0.1, -0.05) is 13.8 Å². The lowest BCUT2D eigenvalue weighted by atomic mass is 10.0. The minimum atomic E-state index is -3.41. The number of piperidine rings is 1. The van der Waals surface area contributed by atoms with Gasteiger partial charge in [-0.15, -0.1) is 11.3 Å². The molecule has 1 aliphatic rings. The van der Waals surface area contributed by atoms with E-state index in [9.17, 15) is 8.42 Å². The van der Waals surface area contributed by atoms with E-state index in [4.69, 9.17) is 0 Å². The van der Waals surface area contributed by atoms with E-state index in [-0.39, 0.29) is 6.04 Å². The van der Waals surface area contributed by atoms with Crippen molar-refractivity contribution in [1.29, 1.82) is 0 Å². The third-order valence-electron chi connectivity index (χ3n) is 4.41. The Morgan fingerprint density at radius 2 is 2.18 bits per heavy atom. The second-order valence-electron chi connectivity index (χ2n) is 6.22. The van der Waals surface area contributed by atoms with Crippen molar-refractivity contribution < 1.29 is 8.42 Å². The Morgan fingerprint density at radius 3 is 2.73 bits per heavy atom. The first-order valence-electron chi connectivity index (χ1n) is 7.96. The molecular formula is C15H27N3O2S2. The van der Waals surface area contributed by atoms with Gasteiger partial charge in [0.2, 0.25) is 0 Å². The molecule has 0 saturated carbocycles. The van der Waals surface area contributed by atoms with Gasteiger partial charge in [-0.25, -0.2) is 4.98 Å². The lowest BCUT2D eigenvalue weighted by molar-refractivity contribution is 0.255. The normalized spacial score (nSPS) is 22.2. The number of aromatic nitrogens is 1. The fourth-order valence-corrected chi connectivity index (χ4v) is 5.75. The molecule has 0 N–H and O–H groups in total. The van der Waals surface area contributed by atoms with Gasteiger partial charge in [-0.3, -0.25) is 0 Å². The van der Waals surface area contributed by atoms with E-state index in [1.165, 1.54) is 4.31 Å². The summed E-state index contributed by atoms with van der Waals surface area (Å²) in [6.45, 7) is 9.36. The van der Waals surface area contributed by atoms with Crippen LogP contribution in [-0.2, 0) is 16.6 Å². The minimum Gasteiger partial charge on any atom is -0.246 e. The zero-order chi connectivity index (χ0) is 16.5. The van der Waals surface area contributed by atoms with Gasteiger partial charge in [0.1, 0.15) is 0 Å². The van der Waals surface area contributed by atoms with Gasteiger partial charge in [-0.2, -0.15) is 17.0 Å². The molecule has 0 aliphatic carbocycles. The smallest absolute Gasteiger partial charge is 0.246 e. The van der Waals surface area contributed by atoms with Gasteiger partial charge in [0.25, 0.3) is 10.2 Å². The maximum atomic E-state index is 12.9. The Hall–Kier alpha value is -0.500. The quantitative estimate of drug-likeness (QED) is 0.824. The summed E-state index contributed by atoms with van der Waals surface area (Å²) in [5.74, 6) is 0.434. The third kappa shape index (κ3) is 3.53. The summed E-state index contributed by atoms with van der Waals surface area (Å²) >= 11 is 1.62. The molecular weight excluding hydrogens is 318 g/mol. The Labute approximate surface area is 138 Å². The van der Waals surface area contributed by atoms with Gasteiger partial charge in [-0.05, 0) is 39.0 Å². The van der Waals surface area contributed by atoms with Crippen molar-refractivity contribution >= 4 is 21.5 Å². The second-order valence-corrected chi connectivity index (χ2v) is 9.32. The van der Waals surface area contributed by atoms with Gasteiger partial charge in [0.05, 0.1) is 16.7 Å². The van der Waals surface area contributed by atoms with E-state index < -0.39 is 10.2 Å². The highest BCUT2D eigenvalue weighted by Gasteiger charge is 2.34. The minimum absolute atomic E-state index is 0.181. The molecule has 1 aromatic rings. The first-order chi connectivity index (χ1) is 10.3. The number of aryl methyl sites for hydroxylation is 2. The second kappa shape index (κ2) is 6.95. The Balaban J connectivity index is 2.21. The molecule has 1 aromatic heterocycles. The van der Waals surface area contributed by atoms with Crippen LogP contribution in [0.1, 0.15) is 55.2 Å². The lowest BCUT2D eigenvalue weighted by Gasteiger charge is -2.35. The highest BCUT2D eigenvalue weighted by molar-refractivity contribution is 7.86. The summed E-state index contributed by atoms with van der Waals surface area (Å²) in [5, 5.41) is 1.07. The first-order valence-corrected chi connectivity index (χ1v) is 10.2. The number of hydrogen-bond acceptors (Lipinski definition) is 4. The van der Waals surface area contributed by atoms with Crippen LogP contribution >= 0.6 is 11.3 Å². The predicted octanol–water partition coefficient (Wildman–Crippen LogP) is 2.98. The van der Waals surface area contributed by atoms with Crippen molar-refractivity contribution in [2.45, 2.75) is 53.0 Å². The highest BCUT2D eigenvalue weighted by atomic mass is 32.2.